The molecular formula is C13H25N3O2. The number of aliphatic hydroxyl groups excluding tert-OH is 1. The molecule has 0 unspecified atom stereocenters. The van der Waals surface area contributed by atoms with Crippen molar-refractivity contribution in [3.05, 3.63) is 0 Å². The van der Waals surface area contributed by atoms with Gasteiger partial charge in [-0.3, -0.25) is 4.79 Å². The fourth-order valence-electron chi connectivity index (χ4n) is 2.66. The molecule has 2 saturated heterocycles. The number of rotatable bonds is 4. The molecule has 2 rings (SSSR count). The molecule has 2 atom stereocenters. The lowest BCUT2D eigenvalue weighted by Crippen LogP contribution is -2.44. The monoisotopic (exact) mass is 255 g/mol. The van der Waals surface area contributed by atoms with Crippen LogP contribution in [0.25, 0.3) is 0 Å². The number of piperidine rings is 1. The summed E-state index contributed by atoms with van der Waals surface area (Å²) in [7, 11) is 0. The summed E-state index contributed by atoms with van der Waals surface area (Å²) < 4.78 is 0. The van der Waals surface area contributed by atoms with Gasteiger partial charge in [-0.2, -0.15) is 0 Å². The van der Waals surface area contributed by atoms with E-state index in [4.69, 9.17) is 0 Å². The Morgan fingerprint density at radius 2 is 2.17 bits per heavy atom. The topological polar surface area (TPSA) is 64.6 Å². The summed E-state index contributed by atoms with van der Waals surface area (Å²) >= 11 is 0. The molecule has 0 saturated carbocycles. The molecular weight excluding hydrogens is 230 g/mol. The number of nitrogens with zero attached hydrogens (tertiary/aromatic N) is 1. The number of likely N-dealkylation sites (tertiary alicyclic amines) is 1. The lowest BCUT2D eigenvalue weighted by Gasteiger charge is -2.30. The summed E-state index contributed by atoms with van der Waals surface area (Å²) in [5, 5.41) is 15.3. The van der Waals surface area contributed by atoms with Gasteiger partial charge in [0.15, 0.2) is 0 Å². The minimum absolute atomic E-state index is 0.0249. The van der Waals surface area contributed by atoms with E-state index in [1.165, 1.54) is 12.8 Å². The molecule has 3 N–H and O–H groups in total. The van der Waals surface area contributed by atoms with Crippen molar-refractivity contribution in [3.8, 4) is 0 Å². The number of aliphatic hydroxyl groups is 1. The number of β-amino-alcohol motifs (C(OH)–C–C–N with tert-alkyl or cyclic N) is 1. The molecule has 1 amide bonds. The van der Waals surface area contributed by atoms with Crippen LogP contribution in [0.4, 0.5) is 0 Å². The number of hydrogen-bond acceptors (Lipinski definition) is 4. The van der Waals surface area contributed by atoms with E-state index in [-0.39, 0.29) is 18.1 Å². The SMILES string of the molecule is CC1CCN(CCNC(=O)[C@H]2C[C@H](O)CN2)CC1. The second-order valence-electron chi connectivity index (χ2n) is 5.67. The van der Waals surface area contributed by atoms with Gasteiger partial charge in [0.25, 0.3) is 0 Å². The molecule has 2 heterocycles. The van der Waals surface area contributed by atoms with Crippen molar-refractivity contribution < 1.29 is 9.90 Å². The van der Waals surface area contributed by atoms with Gasteiger partial charge in [0.1, 0.15) is 0 Å². The highest BCUT2D eigenvalue weighted by atomic mass is 16.3. The Labute approximate surface area is 109 Å². The average Bonchev–Trinajstić information content (AvgIpc) is 2.78. The maximum atomic E-state index is 11.8. The quantitative estimate of drug-likeness (QED) is 0.637. The molecule has 5 heteroatoms. The summed E-state index contributed by atoms with van der Waals surface area (Å²) in [5.41, 5.74) is 0. The van der Waals surface area contributed by atoms with Gasteiger partial charge in [0.2, 0.25) is 5.91 Å². The molecule has 2 aliphatic heterocycles. The zero-order chi connectivity index (χ0) is 13.0. The predicted octanol–water partition coefficient (Wildman–Crippen LogP) is -0.443. The third-order valence-electron chi connectivity index (χ3n) is 4.03. The molecule has 2 aliphatic rings. The number of nitrogens with one attached hydrogen (secondary N) is 2. The van der Waals surface area contributed by atoms with Gasteiger partial charge < -0.3 is 20.6 Å². The lowest BCUT2D eigenvalue weighted by atomic mass is 9.99. The molecule has 0 aliphatic carbocycles. The first kappa shape index (κ1) is 13.8. The van der Waals surface area contributed by atoms with E-state index < -0.39 is 0 Å². The second kappa shape index (κ2) is 6.50. The molecule has 18 heavy (non-hydrogen) atoms. The first-order valence-corrected chi connectivity index (χ1v) is 7.06. The Bertz CT molecular complexity index is 277. The summed E-state index contributed by atoms with van der Waals surface area (Å²) in [4.78, 5) is 14.2. The van der Waals surface area contributed by atoms with Crippen LogP contribution in [-0.2, 0) is 4.79 Å². The Balaban J connectivity index is 1.59. The third-order valence-corrected chi connectivity index (χ3v) is 4.03. The Hall–Kier alpha value is -0.650. The molecule has 0 aromatic heterocycles. The van der Waals surface area contributed by atoms with Crippen LogP contribution in [-0.4, -0.2) is 60.8 Å². The number of amides is 1. The Kier molecular flexibility index (Phi) is 4.97. The molecule has 0 bridgehead atoms. The molecule has 0 aromatic carbocycles. The van der Waals surface area contributed by atoms with Gasteiger partial charge in [0.05, 0.1) is 12.1 Å². The number of hydrogen-bond donors (Lipinski definition) is 3. The van der Waals surface area contributed by atoms with Crippen LogP contribution in [0.5, 0.6) is 0 Å². The van der Waals surface area contributed by atoms with Crippen LogP contribution < -0.4 is 10.6 Å². The van der Waals surface area contributed by atoms with Gasteiger partial charge in [-0.25, -0.2) is 0 Å². The Morgan fingerprint density at radius 1 is 1.44 bits per heavy atom. The van der Waals surface area contributed by atoms with E-state index >= 15 is 0 Å². The minimum Gasteiger partial charge on any atom is -0.392 e. The zero-order valence-corrected chi connectivity index (χ0v) is 11.2. The van der Waals surface area contributed by atoms with Crippen LogP contribution in [0, 0.1) is 5.92 Å². The average molecular weight is 255 g/mol. The fraction of sp³-hybridized carbons (Fsp3) is 0.923. The summed E-state index contributed by atoms with van der Waals surface area (Å²) in [6.45, 7) is 6.78. The normalized spacial score (nSPS) is 30.6. The highest BCUT2D eigenvalue weighted by Crippen LogP contribution is 2.15. The maximum absolute atomic E-state index is 11.8. The van der Waals surface area contributed by atoms with Gasteiger partial charge in [-0.05, 0) is 38.3 Å². The van der Waals surface area contributed by atoms with Crippen molar-refractivity contribution in [2.75, 3.05) is 32.7 Å². The maximum Gasteiger partial charge on any atom is 0.237 e. The van der Waals surface area contributed by atoms with E-state index in [0.717, 1.165) is 25.6 Å². The van der Waals surface area contributed by atoms with E-state index in [1.54, 1.807) is 0 Å². The second-order valence-corrected chi connectivity index (χ2v) is 5.67. The smallest absolute Gasteiger partial charge is 0.237 e. The first-order valence-electron chi connectivity index (χ1n) is 7.06. The van der Waals surface area contributed by atoms with Crippen LogP contribution in [0.3, 0.4) is 0 Å². The third kappa shape index (κ3) is 3.93. The van der Waals surface area contributed by atoms with E-state index in [9.17, 15) is 9.90 Å². The molecule has 5 nitrogen and oxygen atoms in total. The molecule has 0 spiro atoms. The highest BCUT2D eigenvalue weighted by molar-refractivity contribution is 5.82. The zero-order valence-electron chi connectivity index (χ0n) is 11.2. The van der Waals surface area contributed by atoms with Gasteiger partial charge in [-0.1, -0.05) is 6.92 Å². The summed E-state index contributed by atoms with van der Waals surface area (Å²) in [5.74, 6) is 0.872. The van der Waals surface area contributed by atoms with Crippen LogP contribution >= 0.6 is 0 Å². The fourth-order valence-corrected chi connectivity index (χ4v) is 2.66. The molecule has 2 fully saturated rings. The summed E-state index contributed by atoms with van der Waals surface area (Å²) in [6.07, 6.45) is 2.70. The van der Waals surface area contributed by atoms with Crippen molar-refractivity contribution in [2.24, 2.45) is 5.92 Å². The minimum atomic E-state index is -0.371. The molecule has 104 valence electrons. The van der Waals surface area contributed by atoms with Crippen molar-refractivity contribution in [1.82, 2.24) is 15.5 Å². The summed E-state index contributed by atoms with van der Waals surface area (Å²) in [6, 6.07) is -0.207. The van der Waals surface area contributed by atoms with Crippen LogP contribution in [0.1, 0.15) is 26.2 Å². The number of carbonyl (C=O) groups is 1. The van der Waals surface area contributed by atoms with Crippen molar-refractivity contribution in [1.29, 1.82) is 0 Å². The highest BCUT2D eigenvalue weighted by Gasteiger charge is 2.27. The predicted molar refractivity (Wildman–Crippen MR) is 70.3 cm³/mol. The van der Waals surface area contributed by atoms with Crippen molar-refractivity contribution in [3.63, 3.8) is 0 Å². The molecule has 0 radical (unpaired) electrons. The van der Waals surface area contributed by atoms with Crippen LogP contribution in [0.15, 0.2) is 0 Å². The van der Waals surface area contributed by atoms with Gasteiger partial charge >= 0.3 is 0 Å². The van der Waals surface area contributed by atoms with E-state index in [1.807, 2.05) is 0 Å². The van der Waals surface area contributed by atoms with Crippen LogP contribution in [0.2, 0.25) is 0 Å². The van der Waals surface area contributed by atoms with E-state index in [2.05, 4.69) is 22.5 Å². The number of carbonyl (C=O) groups excluding carboxylic acids is 1. The largest absolute Gasteiger partial charge is 0.392 e. The standard InChI is InChI=1S/C13H25N3O2/c1-10-2-5-16(6-3-10)7-4-14-13(18)12-8-11(17)9-15-12/h10-12,15,17H,2-9H2,1H3,(H,14,18)/t11-,12+/m0/s1. The van der Waals surface area contributed by atoms with Gasteiger partial charge in [-0.15, -0.1) is 0 Å². The Morgan fingerprint density at radius 3 is 2.78 bits per heavy atom. The lowest BCUT2D eigenvalue weighted by molar-refractivity contribution is -0.123. The van der Waals surface area contributed by atoms with E-state index in [0.29, 0.717) is 19.5 Å². The van der Waals surface area contributed by atoms with Crippen molar-refractivity contribution in [2.45, 2.75) is 38.3 Å². The first-order chi connectivity index (χ1) is 8.65. The van der Waals surface area contributed by atoms with Gasteiger partial charge in [0, 0.05) is 19.6 Å². The molecule has 0 aromatic rings. The van der Waals surface area contributed by atoms with Crippen molar-refractivity contribution >= 4 is 5.91 Å².